The molecule has 0 spiro atoms. The van der Waals surface area contributed by atoms with Gasteiger partial charge in [-0.3, -0.25) is 4.79 Å². The van der Waals surface area contributed by atoms with Crippen LogP contribution >= 0.6 is 27.5 Å². The molecular weight excluding hydrogens is 454 g/mol. The first-order valence-corrected chi connectivity index (χ1v) is 11.4. The molecule has 1 amide bonds. The maximum atomic E-state index is 12.8. The Morgan fingerprint density at radius 3 is 2.41 bits per heavy atom. The molecule has 0 aromatic heterocycles. The van der Waals surface area contributed by atoms with Gasteiger partial charge in [-0.2, -0.15) is 0 Å². The third-order valence-corrected chi connectivity index (χ3v) is 6.94. The zero-order chi connectivity index (χ0) is 19.4. The molecule has 1 saturated heterocycles. The van der Waals surface area contributed by atoms with E-state index < -0.39 is 9.84 Å². The summed E-state index contributed by atoms with van der Waals surface area (Å²) in [7, 11) is -3.11. The summed E-state index contributed by atoms with van der Waals surface area (Å²) in [5, 5.41) is 0.610. The van der Waals surface area contributed by atoms with Crippen molar-refractivity contribution in [3.8, 4) is 5.75 Å². The molecule has 3 rings (SSSR count). The predicted octanol–water partition coefficient (Wildman–Crippen LogP) is 3.70. The van der Waals surface area contributed by atoms with E-state index in [2.05, 4.69) is 15.9 Å². The summed E-state index contributed by atoms with van der Waals surface area (Å²) in [5.41, 5.74) is 0.890. The van der Waals surface area contributed by atoms with Crippen molar-refractivity contribution in [3.05, 3.63) is 63.6 Å². The zero-order valence-corrected chi connectivity index (χ0v) is 17.6. The highest BCUT2D eigenvalue weighted by Gasteiger charge is 2.34. The largest absolute Gasteiger partial charge is 0.484 e. The summed E-state index contributed by atoms with van der Waals surface area (Å²) >= 11 is 9.27. The lowest BCUT2D eigenvalue weighted by atomic mass is 10.1. The topological polar surface area (TPSA) is 63.7 Å². The minimum absolute atomic E-state index is 0.00931. The lowest BCUT2D eigenvalue weighted by Crippen LogP contribution is -2.43. The van der Waals surface area contributed by atoms with Crippen molar-refractivity contribution in [3.63, 3.8) is 0 Å². The van der Waals surface area contributed by atoms with Crippen molar-refractivity contribution in [1.29, 1.82) is 0 Å². The van der Waals surface area contributed by atoms with E-state index in [1.807, 2.05) is 24.3 Å². The average molecular weight is 473 g/mol. The highest BCUT2D eigenvalue weighted by Crippen LogP contribution is 2.22. The molecule has 2 aromatic rings. The predicted molar refractivity (Wildman–Crippen MR) is 109 cm³/mol. The van der Waals surface area contributed by atoms with Crippen LogP contribution in [0.15, 0.2) is 53.0 Å². The molecule has 0 saturated carbocycles. The summed E-state index contributed by atoms with van der Waals surface area (Å²) < 4.78 is 30.3. The van der Waals surface area contributed by atoms with Gasteiger partial charge in [0.05, 0.1) is 11.5 Å². The Hall–Kier alpha value is -1.57. The molecule has 1 fully saturated rings. The molecule has 1 heterocycles. The van der Waals surface area contributed by atoms with Gasteiger partial charge in [-0.1, -0.05) is 39.7 Å². The fourth-order valence-electron chi connectivity index (χ4n) is 2.99. The van der Waals surface area contributed by atoms with Gasteiger partial charge >= 0.3 is 0 Å². The first kappa shape index (κ1) is 20.2. The molecule has 0 N–H and O–H groups in total. The molecule has 0 radical (unpaired) electrons. The summed E-state index contributed by atoms with van der Waals surface area (Å²) in [5.74, 6) is 0.437. The van der Waals surface area contributed by atoms with E-state index in [0.717, 1.165) is 10.0 Å². The monoisotopic (exact) mass is 471 g/mol. The molecule has 27 heavy (non-hydrogen) atoms. The maximum absolute atomic E-state index is 12.8. The third-order valence-electron chi connectivity index (χ3n) is 4.41. The highest BCUT2D eigenvalue weighted by atomic mass is 79.9. The van der Waals surface area contributed by atoms with E-state index in [9.17, 15) is 13.2 Å². The molecule has 5 nitrogen and oxygen atoms in total. The Kier molecular flexibility index (Phi) is 6.44. The number of rotatable bonds is 6. The van der Waals surface area contributed by atoms with Gasteiger partial charge in [0, 0.05) is 22.1 Å². The van der Waals surface area contributed by atoms with Crippen LogP contribution in [0.5, 0.6) is 5.75 Å². The second-order valence-corrected chi connectivity index (χ2v) is 10.0. The molecule has 0 aliphatic carbocycles. The molecule has 8 heteroatoms. The number of carbonyl (C=O) groups excluding carboxylic acids is 1. The number of hydrogen-bond donors (Lipinski definition) is 0. The van der Waals surface area contributed by atoms with Gasteiger partial charge in [0.15, 0.2) is 16.4 Å². The summed E-state index contributed by atoms with van der Waals surface area (Å²) in [6, 6.07) is 14.0. The van der Waals surface area contributed by atoms with Gasteiger partial charge in [0.1, 0.15) is 5.75 Å². The summed E-state index contributed by atoms with van der Waals surface area (Å²) in [6.45, 7) is 0.172. The molecule has 1 atom stereocenters. The minimum atomic E-state index is -3.11. The number of hydrogen-bond acceptors (Lipinski definition) is 4. The number of sulfone groups is 1. The van der Waals surface area contributed by atoms with E-state index in [-0.39, 0.29) is 30.1 Å². The molecular formula is C19H19BrClNO4S. The zero-order valence-electron chi connectivity index (χ0n) is 14.5. The van der Waals surface area contributed by atoms with Crippen molar-refractivity contribution < 1.29 is 17.9 Å². The normalized spacial score (nSPS) is 18.2. The second kappa shape index (κ2) is 8.63. The Bertz CT molecular complexity index is 900. The molecule has 144 valence electrons. The summed E-state index contributed by atoms with van der Waals surface area (Å²) in [6.07, 6.45) is 0.444. The highest BCUT2D eigenvalue weighted by molar-refractivity contribution is 9.10. The second-order valence-electron chi connectivity index (χ2n) is 6.45. The molecule has 1 aliphatic rings. The Balaban J connectivity index is 1.72. The van der Waals surface area contributed by atoms with Crippen molar-refractivity contribution >= 4 is 43.3 Å². The standard InChI is InChI=1S/C19H19BrClNO4S/c20-15-3-7-18(8-4-15)26-12-19(23)22(17-9-10-27(24,25)13-17)11-14-1-5-16(21)6-2-14/h1-8,17H,9-13H2/t17-/m0/s1. The molecule has 2 aromatic carbocycles. The smallest absolute Gasteiger partial charge is 0.261 e. The van der Waals surface area contributed by atoms with Crippen LogP contribution in [0.1, 0.15) is 12.0 Å². The fraction of sp³-hybridized carbons (Fsp3) is 0.316. The van der Waals surface area contributed by atoms with Gasteiger partial charge in [-0.15, -0.1) is 0 Å². The van der Waals surface area contributed by atoms with E-state index in [1.54, 1.807) is 29.2 Å². The van der Waals surface area contributed by atoms with Crippen LogP contribution in [-0.4, -0.2) is 43.4 Å². The Morgan fingerprint density at radius 2 is 1.81 bits per heavy atom. The lowest BCUT2D eigenvalue weighted by Gasteiger charge is -2.28. The van der Waals surface area contributed by atoms with E-state index >= 15 is 0 Å². The van der Waals surface area contributed by atoms with Gasteiger partial charge in [0.25, 0.3) is 5.91 Å². The number of benzene rings is 2. The molecule has 1 aliphatic heterocycles. The molecule has 0 unspecified atom stereocenters. The van der Waals surface area contributed by atoms with Crippen LogP contribution in [0.25, 0.3) is 0 Å². The van der Waals surface area contributed by atoms with Gasteiger partial charge in [-0.25, -0.2) is 8.42 Å². The minimum Gasteiger partial charge on any atom is -0.484 e. The SMILES string of the molecule is O=C(COc1ccc(Br)cc1)N(Cc1ccc(Cl)cc1)[C@H]1CCS(=O)(=O)C1. The van der Waals surface area contributed by atoms with Crippen LogP contribution in [-0.2, 0) is 21.2 Å². The maximum Gasteiger partial charge on any atom is 0.261 e. The van der Waals surface area contributed by atoms with Crippen LogP contribution in [0.2, 0.25) is 5.02 Å². The van der Waals surface area contributed by atoms with Crippen molar-refractivity contribution in [1.82, 2.24) is 4.90 Å². The van der Waals surface area contributed by atoms with Crippen molar-refractivity contribution in [2.45, 2.75) is 19.0 Å². The third kappa shape index (κ3) is 5.70. The first-order valence-electron chi connectivity index (χ1n) is 8.45. The van der Waals surface area contributed by atoms with E-state index in [1.165, 1.54) is 0 Å². The van der Waals surface area contributed by atoms with Crippen LogP contribution in [0, 0.1) is 0 Å². The number of carbonyl (C=O) groups is 1. The van der Waals surface area contributed by atoms with Gasteiger partial charge in [0.2, 0.25) is 0 Å². The average Bonchev–Trinajstić information content (AvgIpc) is 3.00. The fourth-order valence-corrected chi connectivity index (χ4v) is 5.11. The number of nitrogens with zero attached hydrogens (tertiary/aromatic N) is 1. The van der Waals surface area contributed by atoms with Gasteiger partial charge < -0.3 is 9.64 Å². The van der Waals surface area contributed by atoms with Crippen molar-refractivity contribution in [2.24, 2.45) is 0 Å². The first-order chi connectivity index (χ1) is 12.8. The van der Waals surface area contributed by atoms with Crippen LogP contribution in [0.4, 0.5) is 0 Å². The quantitative estimate of drug-likeness (QED) is 0.643. The Morgan fingerprint density at radius 1 is 1.15 bits per heavy atom. The number of halogens is 2. The van der Waals surface area contributed by atoms with Crippen molar-refractivity contribution in [2.75, 3.05) is 18.1 Å². The number of amides is 1. The van der Waals surface area contributed by atoms with Gasteiger partial charge in [-0.05, 0) is 48.4 Å². The number of ether oxygens (including phenoxy) is 1. The molecule has 0 bridgehead atoms. The van der Waals surface area contributed by atoms with Crippen LogP contribution in [0.3, 0.4) is 0 Å². The Labute approximate surface area is 172 Å². The van der Waals surface area contributed by atoms with E-state index in [4.69, 9.17) is 16.3 Å². The summed E-state index contributed by atoms with van der Waals surface area (Å²) in [4.78, 5) is 14.4. The van der Waals surface area contributed by atoms with Crippen LogP contribution < -0.4 is 4.74 Å². The lowest BCUT2D eigenvalue weighted by molar-refractivity contribution is -0.136. The van der Waals surface area contributed by atoms with E-state index in [0.29, 0.717) is 23.7 Å².